The highest BCUT2D eigenvalue weighted by Crippen LogP contribution is 2.26. The van der Waals surface area contributed by atoms with Gasteiger partial charge < -0.3 is 4.57 Å². The van der Waals surface area contributed by atoms with Crippen LogP contribution >= 0.6 is 34.5 Å². The van der Waals surface area contributed by atoms with Crippen LogP contribution in [-0.4, -0.2) is 14.5 Å². The van der Waals surface area contributed by atoms with Gasteiger partial charge in [-0.2, -0.15) is 0 Å². The minimum absolute atomic E-state index is 0.251. The van der Waals surface area contributed by atoms with Gasteiger partial charge in [0.25, 0.3) is 0 Å². The molecule has 0 aliphatic heterocycles. The average Bonchev–Trinajstić information content (AvgIpc) is 3.04. The van der Waals surface area contributed by atoms with Gasteiger partial charge in [0, 0.05) is 23.5 Å². The second-order valence-electron chi connectivity index (χ2n) is 4.66. The van der Waals surface area contributed by atoms with Gasteiger partial charge in [-0.05, 0) is 24.4 Å². The highest BCUT2D eigenvalue weighted by Gasteiger charge is 2.17. The summed E-state index contributed by atoms with van der Waals surface area (Å²) in [4.78, 5) is 10.3. The molecule has 6 heteroatoms. The number of pyridine rings is 1. The molecule has 0 bridgehead atoms. The van der Waals surface area contributed by atoms with Crippen LogP contribution in [0, 0.1) is 0 Å². The molecular formula is C14H13Cl2N3S. The molecule has 0 aliphatic rings. The maximum Gasteiger partial charge on any atom is 0.160 e. The number of hydrogen-bond donors (Lipinski definition) is 0. The predicted molar refractivity (Wildman–Crippen MR) is 84.8 cm³/mol. The van der Waals surface area contributed by atoms with Crippen molar-refractivity contribution < 1.29 is 0 Å². The third-order valence-corrected chi connectivity index (χ3v) is 4.55. The van der Waals surface area contributed by atoms with Crippen molar-refractivity contribution in [1.82, 2.24) is 14.5 Å². The number of halogens is 2. The summed E-state index contributed by atoms with van der Waals surface area (Å²) in [6.45, 7) is 2.16. The SMILES string of the molecule is CC(Cc1cccs1)n1c(CCl)nc2cc(Cl)cnc21. The number of hydrogen-bond acceptors (Lipinski definition) is 3. The summed E-state index contributed by atoms with van der Waals surface area (Å²) in [5.74, 6) is 1.20. The third kappa shape index (κ3) is 2.55. The highest BCUT2D eigenvalue weighted by atomic mass is 35.5. The van der Waals surface area contributed by atoms with Crippen molar-refractivity contribution in [2.45, 2.75) is 25.3 Å². The molecule has 0 aliphatic carbocycles. The molecule has 0 aromatic carbocycles. The molecule has 104 valence electrons. The molecule has 0 saturated heterocycles. The molecule has 0 saturated carbocycles. The van der Waals surface area contributed by atoms with Crippen LogP contribution in [0.1, 0.15) is 23.7 Å². The number of fused-ring (bicyclic) bond motifs is 1. The molecule has 3 heterocycles. The van der Waals surface area contributed by atoms with Crippen LogP contribution in [0.4, 0.5) is 0 Å². The lowest BCUT2D eigenvalue weighted by Crippen LogP contribution is -2.11. The fourth-order valence-electron chi connectivity index (χ4n) is 2.37. The van der Waals surface area contributed by atoms with E-state index >= 15 is 0 Å². The van der Waals surface area contributed by atoms with Crippen molar-refractivity contribution in [3.05, 3.63) is 45.5 Å². The van der Waals surface area contributed by atoms with Crippen LogP contribution in [0.5, 0.6) is 0 Å². The molecule has 1 atom stereocenters. The van der Waals surface area contributed by atoms with Gasteiger partial charge in [-0.15, -0.1) is 22.9 Å². The molecule has 1 unspecified atom stereocenters. The quantitative estimate of drug-likeness (QED) is 0.651. The summed E-state index contributed by atoms with van der Waals surface area (Å²) < 4.78 is 2.11. The molecular weight excluding hydrogens is 313 g/mol. The summed E-state index contributed by atoms with van der Waals surface area (Å²) >= 11 is 13.8. The van der Waals surface area contributed by atoms with Crippen LogP contribution < -0.4 is 0 Å². The normalized spacial score (nSPS) is 12.9. The van der Waals surface area contributed by atoms with Crippen molar-refractivity contribution in [2.75, 3.05) is 0 Å². The first kappa shape index (κ1) is 13.9. The highest BCUT2D eigenvalue weighted by molar-refractivity contribution is 7.09. The first-order valence-electron chi connectivity index (χ1n) is 6.29. The van der Waals surface area contributed by atoms with Gasteiger partial charge in [-0.25, -0.2) is 9.97 Å². The Kier molecular flexibility index (Phi) is 3.96. The summed E-state index contributed by atoms with van der Waals surface area (Å²) in [7, 11) is 0. The van der Waals surface area contributed by atoms with E-state index in [1.165, 1.54) is 4.88 Å². The van der Waals surface area contributed by atoms with Crippen LogP contribution in [-0.2, 0) is 12.3 Å². The van der Waals surface area contributed by atoms with Gasteiger partial charge in [-0.1, -0.05) is 17.7 Å². The lowest BCUT2D eigenvalue weighted by molar-refractivity contribution is 0.544. The van der Waals surface area contributed by atoms with Gasteiger partial charge in [0.05, 0.1) is 10.9 Å². The summed E-state index contributed by atoms with van der Waals surface area (Å²) in [5.41, 5.74) is 1.64. The number of nitrogens with zero attached hydrogens (tertiary/aromatic N) is 3. The summed E-state index contributed by atoms with van der Waals surface area (Å²) in [5, 5.41) is 2.68. The lowest BCUT2D eigenvalue weighted by atomic mass is 10.2. The topological polar surface area (TPSA) is 30.7 Å². The van der Waals surface area contributed by atoms with Crippen molar-refractivity contribution >= 4 is 45.7 Å². The first-order valence-corrected chi connectivity index (χ1v) is 8.09. The zero-order valence-corrected chi connectivity index (χ0v) is 13.2. The third-order valence-electron chi connectivity index (χ3n) is 3.21. The van der Waals surface area contributed by atoms with Gasteiger partial charge >= 0.3 is 0 Å². The lowest BCUT2D eigenvalue weighted by Gasteiger charge is -2.15. The fourth-order valence-corrected chi connectivity index (χ4v) is 3.54. The van der Waals surface area contributed by atoms with E-state index in [0.29, 0.717) is 10.9 Å². The summed E-state index contributed by atoms with van der Waals surface area (Å²) in [6, 6.07) is 6.29. The van der Waals surface area contributed by atoms with Crippen molar-refractivity contribution in [1.29, 1.82) is 0 Å². The van der Waals surface area contributed by atoms with E-state index in [9.17, 15) is 0 Å². The standard InChI is InChI=1S/C14H13Cl2N3S/c1-9(5-11-3-2-4-20-11)19-13(7-15)18-12-6-10(16)8-17-14(12)19/h2-4,6,8-9H,5,7H2,1H3. The van der Waals surface area contributed by atoms with E-state index in [2.05, 4.69) is 39.0 Å². The van der Waals surface area contributed by atoms with Crippen LogP contribution in [0.2, 0.25) is 5.02 Å². The summed E-state index contributed by atoms with van der Waals surface area (Å²) in [6.07, 6.45) is 2.59. The smallest absolute Gasteiger partial charge is 0.160 e. The molecule has 3 aromatic rings. The Balaban J connectivity index is 2.04. The van der Waals surface area contributed by atoms with Crippen LogP contribution in [0.3, 0.4) is 0 Å². The van der Waals surface area contributed by atoms with Crippen molar-refractivity contribution in [3.63, 3.8) is 0 Å². The van der Waals surface area contributed by atoms with E-state index in [4.69, 9.17) is 23.2 Å². The van der Waals surface area contributed by atoms with E-state index in [0.717, 1.165) is 23.4 Å². The number of aromatic nitrogens is 3. The minimum atomic E-state index is 0.251. The average molecular weight is 326 g/mol. The van der Waals surface area contributed by atoms with E-state index in [1.807, 2.05) is 6.07 Å². The van der Waals surface area contributed by atoms with E-state index < -0.39 is 0 Å². The number of imidazole rings is 1. The van der Waals surface area contributed by atoms with Crippen molar-refractivity contribution in [3.8, 4) is 0 Å². The maximum absolute atomic E-state index is 6.03. The van der Waals surface area contributed by atoms with Crippen LogP contribution in [0.15, 0.2) is 29.8 Å². The minimum Gasteiger partial charge on any atom is -0.308 e. The Labute approximate surface area is 131 Å². The molecule has 0 amide bonds. The van der Waals surface area contributed by atoms with Gasteiger partial charge in [0.2, 0.25) is 0 Å². The zero-order valence-electron chi connectivity index (χ0n) is 10.9. The molecule has 0 radical (unpaired) electrons. The predicted octanol–water partition coefficient (Wildman–Crippen LogP) is 4.69. The number of alkyl halides is 1. The molecule has 0 N–H and O–H groups in total. The second kappa shape index (κ2) is 5.72. The Morgan fingerprint density at radius 2 is 2.30 bits per heavy atom. The van der Waals surface area contributed by atoms with Crippen LogP contribution in [0.25, 0.3) is 11.2 Å². The molecule has 3 rings (SSSR count). The van der Waals surface area contributed by atoms with Gasteiger partial charge in [-0.3, -0.25) is 0 Å². The van der Waals surface area contributed by atoms with Gasteiger partial charge in [0.15, 0.2) is 5.65 Å². The largest absolute Gasteiger partial charge is 0.308 e. The first-order chi connectivity index (χ1) is 9.69. The molecule has 3 aromatic heterocycles. The molecule has 3 nitrogen and oxygen atoms in total. The maximum atomic E-state index is 6.03. The monoisotopic (exact) mass is 325 g/mol. The molecule has 0 spiro atoms. The van der Waals surface area contributed by atoms with Crippen molar-refractivity contribution in [2.24, 2.45) is 0 Å². The Hall–Kier alpha value is -1.10. The Morgan fingerprint density at radius 3 is 3.00 bits per heavy atom. The molecule has 20 heavy (non-hydrogen) atoms. The molecule has 0 fully saturated rings. The fraction of sp³-hybridized carbons (Fsp3) is 0.286. The van der Waals surface area contributed by atoms with Gasteiger partial charge in [0.1, 0.15) is 11.3 Å². The number of thiophene rings is 1. The van der Waals surface area contributed by atoms with E-state index in [-0.39, 0.29) is 6.04 Å². The van der Waals surface area contributed by atoms with E-state index in [1.54, 1.807) is 17.5 Å². The Morgan fingerprint density at radius 1 is 1.45 bits per heavy atom. The zero-order chi connectivity index (χ0) is 14.1. The Bertz CT molecular complexity index is 721. The number of rotatable bonds is 4. The second-order valence-corrected chi connectivity index (χ2v) is 6.40.